The third-order valence-corrected chi connectivity index (χ3v) is 5.15. The average Bonchev–Trinajstić information content (AvgIpc) is 3.51. The van der Waals surface area contributed by atoms with E-state index in [1.807, 2.05) is 37.3 Å². The van der Waals surface area contributed by atoms with Crippen molar-refractivity contribution in [2.75, 3.05) is 19.5 Å². The van der Waals surface area contributed by atoms with E-state index in [2.05, 4.69) is 25.4 Å². The summed E-state index contributed by atoms with van der Waals surface area (Å²) in [5, 5.41) is 8.47. The fraction of sp³-hybridized carbons (Fsp3) is 0.273. The van der Waals surface area contributed by atoms with Crippen molar-refractivity contribution in [1.82, 2.24) is 20.1 Å². The molecule has 1 N–H and O–H groups in total. The molecule has 5 rings (SSSR count). The second kappa shape index (κ2) is 8.39. The van der Waals surface area contributed by atoms with Gasteiger partial charge < -0.3 is 19.3 Å². The van der Waals surface area contributed by atoms with Crippen molar-refractivity contribution in [3.05, 3.63) is 48.0 Å². The first kappa shape index (κ1) is 20.9. The van der Waals surface area contributed by atoms with Crippen LogP contribution in [0.15, 0.2) is 41.1 Å². The van der Waals surface area contributed by atoms with Gasteiger partial charge in [0, 0.05) is 29.3 Å². The number of halogens is 1. The van der Waals surface area contributed by atoms with Crippen LogP contribution in [0.1, 0.15) is 30.3 Å². The van der Waals surface area contributed by atoms with E-state index in [4.69, 9.17) is 14.0 Å². The van der Waals surface area contributed by atoms with Gasteiger partial charge in [-0.25, -0.2) is 9.97 Å². The van der Waals surface area contributed by atoms with E-state index in [0.717, 1.165) is 41.1 Å². The second-order valence-electron chi connectivity index (χ2n) is 7.29. The maximum atomic E-state index is 5.58. The number of hydrogen-bond acceptors (Lipinski definition) is 8. The van der Waals surface area contributed by atoms with E-state index in [1.54, 1.807) is 20.4 Å². The minimum absolute atomic E-state index is 0. The molecule has 0 spiro atoms. The van der Waals surface area contributed by atoms with Crippen molar-refractivity contribution in [2.24, 2.45) is 0 Å². The molecule has 1 aromatic carbocycles. The number of methoxy groups -OCH3 is 2. The minimum atomic E-state index is 0. The third kappa shape index (κ3) is 3.98. The monoisotopic (exact) mass is 439 g/mol. The zero-order chi connectivity index (χ0) is 20.7. The van der Waals surface area contributed by atoms with E-state index in [9.17, 15) is 0 Å². The van der Waals surface area contributed by atoms with Gasteiger partial charge in [-0.15, -0.1) is 12.4 Å². The molecule has 0 aliphatic heterocycles. The lowest BCUT2D eigenvalue weighted by Crippen LogP contribution is -2.00. The lowest BCUT2D eigenvalue weighted by atomic mass is 10.1. The number of aryl methyl sites for hydroxylation is 1. The standard InChI is InChI=1S/C22H21N5O3.ClH/c1-12-4-8-15-19(25-17-9-7-14(28-2)10-18(17)29-3)16(11-23-21(15)24-12)22-26-20(27-30-22)13-5-6-13;/h4,7-11,13H,5-6H2,1-3H3,(H,23,24,25);1H. The number of rotatable bonds is 6. The molecular weight excluding hydrogens is 418 g/mol. The predicted octanol–water partition coefficient (Wildman–Crippen LogP) is 5.05. The van der Waals surface area contributed by atoms with Crippen LogP contribution in [0.5, 0.6) is 11.5 Å². The zero-order valence-electron chi connectivity index (χ0n) is 17.4. The van der Waals surface area contributed by atoms with Crippen molar-refractivity contribution in [1.29, 1.82) is 0 Å². The summed E-state index contributed by atoms with van der Waals surface area (Å²) in [5.74, 6) is 2.94. The Kier molecular flexibility index (Phi) is 5.65. The van der Waals surface area contributed by atoms with Gasteiger partial charge in [0.05, 0.1) is 31.2 Å². The molecule has 0 bridgehead atoms. The molecule has 160 valence electrons. The van der Waals surface area contributed by atoms with Crippen molar-refractivity contribution < 1.29 is 14.0 Å². The van der Waals surface area contributed by atoms with Crippen LogP contribution in [0.3, 0.4) is 0 Å². The second-order valence-corrected chi connectivity index (χ2v) is 7.29. The molecule has 4 aromatic rings. The Bertz CT molecular complexity index is 1240. The quantitative estimate of drug-likeness (QED) is 0.446. The van der Waals surface area contributed by atoms with Crippen LogP contribution in [0.2, 0.25) is 0 Å². The first-order valence-electron chi connectivity index (χ1n) is 9.75. The number of nitrogens with one attached hydrogen (secondary N) is 1. The smallest absolute Gasteiger partial charge is 0.261 e. The highest BCUT2D eigenvalue weighted by molar-refractivity contribution is 5.98. The SMILES string of the molecule is COc1ccc(Nc2c(-c3nc(C4CC4)no3)cnc3nc(C)ccc23)c(OC)c1.Cl. The van der Waals surface area contributed by atoms with Crippen LogP contribution in [0, 0.1) is 6.92 Å². The van der Waals surface area contributed by atoms with Crippen LogP contribution < -0.4 is 14.8 Å². The fourth-order valence-electron chi connectivity index (χ4n) is 3.36. The van der Waals surface area contributed by atoms with E-state index < -0.39 is 0 Å². The molecule has 3 aromatic heterocycles. The van der Waals surface area contributed by atoms with E-state index in [1.165, 1.54) is 0 Å². The Balaban J connectivity index is 0.00000231. The molecule has 1 saturated carbocycles. The summed E-state index contributed by atoms with van der Waals surface area (Å²) in [6.45, 7) is 1.94. The summed E-state index contributed by atoms with van der Waals surface area (Å²) in [7, 11) is 3.24. The van der Waals surface area contributed by atoms with Gasteiger partial charge in [0.25, 0.3) is 5.89 Å². The largest absolute Gasteiger partial charge is 0.497 e. The Hall–Kier alpha value is -3.39. The molecule has 9 heteroatoms. The van der Waals surface area contributed by atoms with Gasteiger partial charge in [0.15, 0.2) is 11.5 Å². The highest BCUT2D eigenvalue weighted by Crippen LogP contribution is 2.41. The van der Waals surface area contributed by atoms with Crippen LogP contribution in [0.25, 0.3) is 22.5 Å². The summed E-state index contributed by atoms with van der Waals surface area (Å²) in [4.78, 5) is 13.7. The summed E-state index contributed by atoms with van der Waals surface area (Å²) in [6.07, 6.45) is 3.93. The van der Waals surface area contributed by atoms with Gasteiger partial charge in [-0.3, -0.25) is 0 Å². The lowest BCUT2D eigenvalue weighted by Gasteiger charge is -2.16. The molecule has 31 heavy (non-hydrogen) atoms. The normalized spacial score (nSPS) is 13.0. The molecule has 0 saturated heterocycles. The van der Waals surface area contributed by atoms with Gasteiger partial charge in [-0.2, -0.15) is 4.98 Å². The summed E-state index contributed by atoms with van der Waals surface area (Å²) >= 11 is 0. The maximum Gasteiger partial charge on any atom is 0.261 e. The molecule has 0 radical (unpaired) electrons. The molecule has 3 heterocycles. The van der Waals surface area contributed by atoms with Gasteiger partial charge in [0.1, 0.15) is 11.5 Å². The van der Waals surface area contributed by atoms with Gasteiger partial charge >= 0.3 is 0 Å². The molecule has 0 atom stereocenters. The first-order valence-corrected chi connectivity index (χ1v) is 9.75. The summed E-state index contributed by atoms with van der Waals surface area (Å²) in [6, 6.07) is 9.54. The number of nitrogens with zero attached hydrogens (tertiary/aromatic N) is 4. The van der Waals surface area contributed by atoms with Gasteiger partial charge in [0.2, 0.25) is 0 Å². The topological polar surface area (TPSA) is 95.2 Å². The Morgan fingerprint density at radius 1 is 1.06 bits per heavy atom. The van der Waals surface area contributed by atoms with Gasteiger partial charge in [-0.1, -0.05) is 5.16 Å². The average molecular weight is 440 g/mol. The Labute approximate surface area is 185 Å². The van der Waals surface area contributed by atoms with Crippen LogP contribution >= 0.6 is 12.4 Å². The number of fused-ring (bicyclic) bond motifs is 1. The number of ether oxygens (including phenoxy) is 2. The highest BCUT2D eigenvalue weighted by Gasteiger charge is 2.29. The van der Waals surface area contributed by atoms with Crippen LogP contribution in [-0.4, -0.2) is 34.3 Å². The molecule has 1 fully saturated rings. The fourth-order valence-corrected chi connectivity index (χ4v) is 3.36. The van der Waals surface area contributed by atoms with E-state index >= 15 is 0 Å². The minimum Gasteiger partial charge on any atom is -0.497 e. The number of hydrogen-bond donors (Lipinski definition) is 1. The summed E-state index contributed by atoms with van der Waals surface area (Å²) in [5.41, 5.74) is 3.79. The zero-order valence-corrected chi connectivity index (χ0v) is 18.2. The molecular formula is C22H22ClN5O3. The summed E-state index contributed by atoms with van der Waals surface area (Å²) < 4.78 is 16.4. The third-order valence-electron chi connectivity index (χ3n) is 5.15. The molecule has 1 aliphatic rings. The molecule has 0 unspecified atom stereocenters. The number of anilines is 2. The van der Waals surface area contributed by atoms with Crippen molar-refractivity contribution in [3.8, 4) is 23.0 Å². The maximum absolute atomic E-state index is 5.58. The number of aromatic nitrogens is 4. The highest BCUT2D eigenvalue weighted by atomic mass is 35.5. The molecule has 0 amide bonds. The van der Waals surface area contributed by atoms with Crippen molar-refractivity contribution >= 4 is 34.8 Å². The predicted molar refractivity (Wildman–Crippen MR) is 120 cm³/mol. The Morgan fingerprint density at radius 3 is 2.65 bits per heavy atom. The van der Waals surface area contributed by atoms with Crippen molar-refractivity contribution in [2.45, 2.75) is 25.7 Å². The van der Waals surface area contributed by atoms with Gasteiger partial charge in [-0.05, 0) is 44.0 Å². The molecule has 1 aliphatic carbocycles. The van der Waals surface area contributed by atoms with Crippen LogP contribution in [0.4, 0.5) is 11.4 Å². The van der Waals surface area contributed by atoms with Crippen molar-refractivity contribution in [3.63, 3.8) is 0 Å². The lowest BCUT2D eigenvalue weighted by molar-refractivity contribution is 0.395. The Morgan fingerprint density at radius 2 is 1.90 bits per heavy atom. The first-order chi connectivity index (χ1) is 14.7. The number of pyridine rings is 2. The van der Waals surface area contributed by atoms with Crippen LogP contribution in [-0.2, 0) is 0 Å². The number of benzene rings is 1. The van der Waals surface area contributed by atoms with E-state index in [0.29, 0.717) is 34.5 Å². The van der Waals surface area contributed by atoms with E-state index in [-0.39, 0.29) is 12.4 Å². The molecule has 8 nitrogen and oxygen atoms in total.